The molecule has 0 radical (unpaired) electrons. The topological polar surface area (TPSA) is 29.9 Å². The Balaban J connectivity index is 2.33. The summed E-state index contributed by atoms with van der Waals surface area (Å²) in [4.78, 5) is 0. The molecule has 1 aromatic heterocycles. The lowest BCUT2D eigenvalue weighted by molar-refractivity contribution is 0.585. The average molecular weight is 251 g/mol. The molecule has 0 spiro atoms. The number of hydrogen-bond acceptors (Lipinski definition) is 2. The van der Waals surface area contributed by atoms with Crippen molar-refractivity contribution in [2.45, 2.75) is 6.42 Å². The van der Waals surface area contributed by atoms with Gasteiger partial charge in [0.1, 0.15) is 11.6 Å². The largest absolute Gasteiger partial charge is 0.319 e. The van der Waals surface area contributed by atoms with Crippen molar-refractivity contribution in [2.75, 3.05) is 13.6 Å². The Bertz CT molecular complexity index is 549. The molecule has 1 heterocycles. The van der Waals surface area contributed by atoms with Gasteiger partial charge >= 0.3 is 0 Å². The zero-order valence-corrected chi connectivity index (χ0v) is 10.4. The predicted octanol–water partition coefficient (Wildman–Crippen LogP) is 2.13. The van der Waals surface area contributed by atoms with Gasteiger partial charge in [0.05, 0.1) is 5.69 Å². The first-order chi connectivity index (χ1) is 8.61. The van der Waals surface area contributed by atoms with Gasteiger partial charge in [0, 0.05) is 37.3 Å². The number of aryl methyl sites for hydroxylation is 1. The standard InChI is InChI=1S/C13H15F2N3/c1-16-6-5-10-8-13(17-18(10)2)11-4-3-9(14)7-12(11)15/h3-4,7-8,16H,5-6H2,1-2H3. The van der Waals surface area contributed by atoms with Gasteiger partial charge in [-0.05, 0) is 25.2 Å². The van der Waals surface area contributed by atoms with Crippen molar-refractivity contribution >= 4 is 0 Å². The molecule has 96 valence electrons. The average Bonchev–Trinajstić information content (AvgIpc) is 2.68. The Kier molecular flexibility index (Phi) is 3.72. The van der Waals surface area contributed by atoms with Gasteiger partial charge < -0.3 is 5.32 Å². The molecule has 0 unspecified atom stereocenters. The van der Waals surface area contributed by atoms with E-state index in [1.807, 2.05) is 20.2 Å². The van der Waals surface area contributed by atoms with Crippen molar-refractivity contribution in [3.63, 3.8) is 0 Å². The molecule has 5 heteroatoms. The van der Waals surface area contributed by atoms with Crippen LogP contribution in [0.4, 0.5) is 8.78 Å². The number of rotatable bonds is 4. The molecule has 1 aromatic carbocycles. The second kappa shape index (κ2) is 5.27. The normalized spacial score (nSPS) is 10.9. The predicted molar refractivity (Wildman–Crippen MR) is 66.2 cm³/mol. The highest BCUT2D eigenvalue weighted by atomic mass is 19.1. The smallest absolute Gasteiger partial charge is 0.135 e. The van der Waals surface area contributed by atoms with Gasteiger partial charge in [0.25, 0.3) is 0 Å². The van der Waals surface area contributed by atoms with Gasteiger partial charge in [0.2, 0.25) is 0 Å². The van der Waals surface area contributed by atoms with Crippen LogP contribution in [0.1, 0.15) is 5.69 Å². The molecule has 0 fully saturated rings. The zero-order chi connectivity index (χ0) is 13.1. The Morgan fingerprint density at radius 3 is 2.72 bits per heavy atom. The number of halogens is 2. The SMILES string of the molecule is CNCCc1cc(-c2ccc(F)cc2F)nn1C. The van der Waals surface area contributed by atoms with Crippen LogP contribution >= 0.6 is 0 Å². The number of benzene rings is 1. The van der Waals surface area contributed by atoms with Gasteiger partial charge in [-0.3, -0.25) is 4.68 Å². The molecule has 2 aromatic rings. The first-order valence-electron chi connectivity index (χ1n) is 5.74. The fourth-order valence-corrected chi connectivity index (χ4v) is 1.82. The summed E-state index contributed by atoms with van der Waals surface area (Å²) in [6, 6.07) is 5.35. The van der Waals surface area contributed by atoms with Crippen molar-refractivity contribution in [1.82, 2.24) is 15.1 Å². The van der Waals surface area contributed by atoms with Gasteiger partial charge in [-0.2, -0.15) is 5.10 Å². The highest BCUT2D eigenvalue weighted by molar-refractivity contribution is 5.60. The van der Waals surface area contributed by atoms with Crippen LogP contribution in [0.15, 0.2) is 24.3 Å². The van der Waals surface area contributed by atoms with Gasteiger partial charge in [-0.1, -0.05) is 0 Å². The van der Waals surface area contributed by atoms with Crippen LogP contribution in [0.3, 0.4) is 0 Å². The molecular weight excluding hydrogens is 236 g/mol. The number of nitrogens with zero attached hydrogens (tertiary/aromatic N) is 2. The first-order valence-corrected chi connectivity index (χ1v) is 5.74. The van der Waals surface area contributed by atoms with E-state index in [4.69, 9.17) is 0 Å². The highest BCUT2D eigenvalue weighted by Gasteiger charge is 2.11. The summed E-state index contributed by atoms with van der Waals surface area (Å²) in [6.45, 7) is 0.824. The molecule has 3 nitrogen and oxygen atoms in total. The van der Waals surface area contributed by atoms with Gasteiger partial charge in [-0.25, -0.2) is 8.78 Å². The summed E-state index contributed by atoms with van der Waals surface area (Å²) in [7, 11) is 3.69. The Morgan fingerprint density at radius 2 is 2.06 bits per heavy atom. The van der Waals surface area contributed by atoms with E-state index in [1.165, 1.54) is 12.1 Å². The second-order valence-electron chi connectivity index (χ2n) is 4.12. The van der Waals surface area contributed by atoms with E-state index in [2.05, 4.69) is 10.4 Å². The van der Waals surface area contributed by atoms with Crippen molar-refractivity contribution < 1.29 is 8.78 Å². The summed E-state index contributed by atoms with van der Waals surface area (Å²) in [5.74, 6) is -1.17. The molecule has 0 aliphatic carbocycles. The molecule has 0 bridgehead atoms. The van der Waals surface area contributed by atoms with Crippen LogP contribution in [0.5, 0.6) is 0 Å². The van der Waals surface area contributed by atoms with E-state index in [1.54, 1.807) is 4.68 Å². The van der Waals surface area contributed by atoms with Gasteiger partial charge in [0.15, 0.2) is 0 Å². The van der Waals surface area contributed by atoms with Crippen molar-refractivity contribution in [3.05, 3.63) is 41.6 Å². The van der Waals surface area contributed by atoms with Crippen LogP contribution in [-0.2, 0) is 13.5 Å². The Morgan fingerprint density at radius 1 is 1.28 bits per heavy atom. The third-order valence-corrected chi connectivity index (χ3v) is 2.81. The van der Waals surface area contributed by atoms with Crippen molar-refractivity contribution in [1.29, 1.82) is 0 Å². The summed E-state index contributed by atoms with van der Waals surface area (Å²) in [6.07, 6.45) is 0.808. The Hall–Kier alpha value is -1.75. The summed E-state index contributed by atoms with van der Waals surface area (Å²) in [5, 5.41) is 7.30. The maximum Gasteiger partial charge on any atom is 0.135 e. The van der Waals surface area contributed by atoms with Crippen LogP contribution in [-0.4, -0.2) is 23.4 Å². The van der Waals surface area contributed by atoms with E-state index in [9.17, 15) is 8.78 Å². The minimum Gasteiger partial charge on any atom is -0.319 e. The third-order valence-electron chi connectivity index (χ3n) is 2.81. The third kappa shape index (κ3) is 2.56. The molecule has 0 aliphatic rings. The highest BCUT2D eigenvalue weighted by Crippen LogP contribution is 2.23. The van der Waals surface area contributed by atoms with Gasteiger partial charge in [-0.15, -0.1) is 0 Å². The quantitative estimate of drug-likeness (QED) is 0.902. The molecule has 0 saturated heterocycles. The molecule has 0 amide bonds. The van der Waals surface area contributed by atoms with Crippen LogP contribution in [0.25, 0.3) is 11.3 Å². The zero-order valence-electron chi connectivity index (χ0n) is 10.4. The number of likely N-dealkylation sites (N-methyl/N-ethyl adjacent to an activating group) is 1. The second-order valence-corrected chi connectivity index (χ2v) is 4.12. The minimum absolute atomic E-state index is 0.322. The maximum absolute atomic E-state index is 13.6. The number of nitrogens with one attached hydrogen (secondary N) is 1. The summed E-state index contributed by atoms with van der Waals surface area (Å²) >= 11 is 0. The summed E-state index contributed by atoms with van der Waals surface area (Å²) < 4.78 is 28.2. The van der Waals surface area contributed by atoms with E-state index in [0.29, 0.717) is 11.3 Å². The molecular formula is C13H15F2N3. The van der Waals surface area contributed by atoms with Crippen LogP contribution < -0.4 is 5.32 Å². The molecule has 0 atom stereocenters. The monoisotopic (exact) mass is 251 g/mol. The Labute approximate surface area is 104 Å². The van der Waals surface area contributed by atoms with Crippen molar-refractivity contribution in [3.8, 4) is 11.3 Å². The number of hydrogen-bond donors (Lipinski definition) is 1. The molecule has 2 rings (SSSR count). The lowest BCUT2D eigenvalue weighted by atomic mass is 10.1. The van der Waals surface area contributed by atoms with E-state index >= 15 is 0 Å². The lowest BCUT2D eigenvalue weighted by Gasteiger charge is -1.99. The van der Waals surface area contributed by atoms with Crippen LogP contribution in [0, 0.1) is 11.6 Å². The van der Waals surface area contributed by atoms with E-state index in [0.717, 1.165) is 24.7 Å². The first kappa shape index (κ1) is 12.7. The molecule has 1 N–H and O–H groups in total. The fraction of sp³-hybridized carbons (Fsp3) is 0.308. The van der Waals surface area contributed by atoms with Crippen molar-refractivity contribution in [2.24, 2.45) is 7.05 Å². The van der Waals surface area contributed by atoms with E-state index in [-0.39, 0.29) is 0 Å². The number of aromatic nitrogens is 2. The lowest BCUT2D eigenvalue weighted by Crippen LogP contribution is -2.12. The molecule has 0 aliphatic heterocycles. The fourth-order valence-electron chi connectivity index (χ4n) is 1.82. The summed E-state index contributed by atoms with van der Waals surface area (Å²) in [5.41, 5.74) is 1.85. The molecule has 18 heavy (non-hydrogen) atoms. The van der Waals surface area contributed by atoms with E-state index < -0.39 is 11.6 Å². The maximum atomic E-state index is 13.6. The molecule has 0 saturated carbocycles. The minimum atomic E-state index is -0.590. The van der Waals surface area contributed by atoms with Crippen LogP contribution in [0.2, 0.25) is 0 Å².